The Bertz CT molecular complexity index is 440. The summed E-state index contributed by atoms with van der Waals surface area (Å²) in [6, 6.07) is 7.54. The van der Waals surface area contributed by atoms with Crippen molar-refractivity contribution in [3.63, 3.8) is 0 Å². The van der Waals surface area contributed by atoms with E-state index >= 15 is 0 Å². The van der Waals surface area contributed by atoms with Gasteiger partial charge in [-0.15, -0.1) is 0 Å². The molecule has 0 aromatic heterocycles. The fourth-order valence-corrected chi connectivity index (χ4v) is 2.38. The highest BCUT2D eigenvalue weighted by atomic mass is 16.5. The fourth-order valence-electron chi connectivity index (χ4n) is 2.38. The largest absolute Gasteiger partial charge is 0.497 e. The number of carbonyl (C=O) groups excluding carboxylic acids is 1. The Morgan fingerprint density at radius 2 is 2.18 bits per heavy atom. The van der Waals surface area contributed by atoms with E-state index in [1.54, 1.807) is 7.11 Å². The normalized spacial score (nSPS) is 17.4. The summed E-state index contributed by atoms with van der Waals surface area (Å²) >= 11 is 0. The zero-order chi connectivity index (χ0) is 15.6. The molecule has 1 atom stereocenters. The molecule has 1 aliphatic rings. The highest BCUT2D eigenvalue weighted by molar-refractivity contribution is 5.78. The van der Waals surface area contributed by atoms with Crippen molar-refractivity contribution in [3.8, 4) is 5.75 Å². The summed E-state index contributed by atoms with van der Waals surface area (Å²) in [5.41, 5.74) is 0.980. The molecular formula is C17H25NO4. The van der Waals surface area contributed by atoms with Crippen LogP contribution >= 0.6 is 0 Å². The Balaban J connectivity index is 1.51. The number of rotatable bonds is 9. The lowest BCUT2D eigenvalue weighted by molar-refractivity contribution is -0.120. The molecule has 1 unspecified atom stereocenters. The molecule has 0 bridgehead atoms. The van der Waals surface area contributed by atoms with Gasteiger partial charge < -0.3 is 19.5 Å². The van der Waals surface area contributed by atoms with Crippen LogP contribution in [0.25, 0.3) is 0 Å². The number of methoxy groups -OCH3 is 1. The van der Waals surface area contributed by atoms with Crippen LogP contribution in [0.3, 0.4) is 0 Å². The highest BCUT2D eigenvalue weighted by Gasteiger charge is 2.14. The van der Waals surface area contributed by atoms with Crippen molar-refractivity contribution in [2.45, 2.75) is 31.8 Å². The van der Waals surface area contributed by atoms with E-state index in [2.05, 4.69) is 5.32 Å². The van der Waals surface area contributed by atoms with Crippen molar-refractivity contribution in [1.29, 1.82) is 0 Å². The van der Waals surface area contributed by atoms with Gasteiger partial charge in [-0.05, 0) is 37.0 Å². The van der Waals surface area contributed by atoms with Gasteiger partial charge in [-0.2, -0.15) is 0 Å². The zero-order valence-electron chi connectivity index (χ0n) is 13.2. The maximum atomic E-state index is 11.8. The van der Waals surface area contributed by atoms with Crippen molar-refractivity contribution in [2.75, 3.05) is 33.5 Å². The lowest BCUT2D eigenvalue weighted by Gasteiger charge is -2.10. The summed E-state index contributed by atoms with van der Waals surface area (Å²) in [6.45, 7) is 2.82. The second-order valence-electron chi connectivity index (χ2n) is 5.44. The molecule has 0 radical (unpaired) electrons. The topological polar surface area (TPSA) is 56.8 Å². The van der Waals surface area contributed by atoms with Crippen LogP contribution in [0.2, 0.25) is 0 Å². The van der Waals surface area contributed by atoms with Crippen LogP contribution in [0.4, 0.5) is 0 Å². The average molecular weight is 307 g/mol. The predicted molar refractivity (Wildman–Crippen MR) is 84.1 cm³/mol. The first kappa shape index (κ1) is 16.8. The lowest BCUT2D eigenvalue weighted by atomic mass is 10.1. The molecule has 5 heteroatoms. The Hall–Kier alpha value is -1.59. The molecule has 2 rings (SSSR count). The third kappa shape index (κ3) is 6.03. The Kier molecular flexibility index (Phi) is 7.19. The number of ether oxygens (including phenoxy) is 3. The van der Waals surface area contributed by atoms with E-state index in [0.29, 0.717) is 26.2 Å². The van der Waals surface area contributed by atoms with Gasteiger partial charge in [0.2, 0.25) is 5.91 Å². The van der Waals surface area contributed by atoms with Crippen LogP contribution in [-0.4, -0.2) is 45.5 Å². The molecule has 1 heterocycles. The van der Waals surface area contributed by atoms with Crippen LogP contribution in [0, 0.1) is 0 Å². The van der Waals surface area contributed by atoms with Gasteiger partial charge in [0.1, 0.15) is 5.75 Å². The number of benzene rings is 1. The summed E-state index contributed by atoms with van der Waals surface area (Å²) in [5.74, 6) is 0.830. The summed E-state index contributed by atoms with van der Waals surface area (Å²) in [7, 11) is 1.63. The Labute approximate surface area is 131 Å². The molecule has 1 aromatic rings. The van der Waals surface area contributed by atoms with Gasteiger partial charge in [0.15, 0.2) is 0 Å². The van der Waals surface area contributed by atoms with E-state index in [1.165, 1.54) is 0 Å². The van der Waals surface area contributed by atoms with Crippen LogP contribution in [0.5, 0.6) is 5.75 Å². The molecular weight excluding hydrogens is 282 g/mol. The minimum Gasteiger partial charge on any atom is -0.497 e. The van der Waals surface area contributed by atoms with Gasteiger partial charge in [-0.1, -0.05) is 12.1 Å². The van der Waals surface area contributed by atoms with E-state index in [-0.39, 0.29) is 12.0 Å². The highest BCUT2D eigenvalue weighted by Crippen LogP contribution is 2.12. The van der Waals surface area contributed by atoms with Crippen LogP contribution in [0.1, 0.15) is 24.8 Å². The van der Waals surface area contributed by atoms with Gasteiger partial charge >= 0.3 is 0 Å². The standard InChI is InChI=1S/C17H25NO4/c1-20-15-7-5-14(6-8-15)12-17(19)18-9-3-10-21-13-16-4-2-11-22-16/h5-8,16H,2-4,9-13H2,1H3,(H,18,19). The SMILES string of the molecule is COc1ccc(CC(=O)NCCCOCC2CCCO2)cc1. The molecule has 1 aromatic carbocycles. The van der Waals surface area contributed by atoms with E-state index < -0.39 is 0 Å². The second kappa shape index (κ2) is 9.43. The van der Waals surface area contributed by atoms with E-state index in [1.807, 2.05) is 24.3 Å². The van der Waals surface area contributed by atoms with Crippen LogP contribution in [0.15, 0.2) is 24.3 Å². The van der Waals surface area contributed by atoms with E-state index in [4.69, 9.17) is 14.2 Å². The predicted octanol–water partition coefficient (Wildman–Crippen LogP) is 1.94. The van der Waals surface area contributed by atoms with Crippen molar-refractivity contribution >= 4 is 5.91 Å². The molecule has 0 saturated carbocycles. The molecule has 122 valence electrons. The van der Waals surface area contributed by atoms with E-state index in [9.17, 15) is 4.79 Å². The third-order valence-corrected chi connectivity index (χ3v) is 3.64. The third-order valence-electron chi connectivity index (χ3n) is 3.64. The van der Waals surface area contributed by atoms with Gasteiger partial charge in [-0.3, -0.25) is 4.79 Å². The molecule has 5 nitrogen and oxygen atoms in total. The molecule has 0 spiro atoms. The monoisotopic (exact) mass is 307 g/mol. The maximum absolute atomic E-state index is 11.8. The van der Waals surface area contributed by atoms with Crippen molar-refractivity contribution < 1.29 is 19.0 Å². The minimum absolute atomic E-state index is 0.0318. The molecule has 1 saturated heterocycles. The number of amides is 1. The number of carbonyl (C=O) groups is 1. The van der Waals surface area contributed by atoms with Gasteiger partial charge in [0.05, 0.1) is 26.2 Å². The van der Waals surface area contributed by atoms with E-state index in [0.717, 1.165) is 37.2 Å². The summed E-state index contributed by atoms with van der Waals surface area (Å²) in [5, 5.41) is 2.91. The number of nitrogens with one attached hydrogen (secondary N) is 1. The quantitative estimate of drug-likeness (QED) is 0.708. The summed E-state index contributed by atoms with van der Waals surface area (Å²) in [6.07, 6.45) is 3.71. The Morgan fingerprint density at radius 1 is 1.36 bits per heavy atom. The molecule has 1 fully saturated rings. The average Bonchev–Trinajstić information content (AvgIpc) is 3.05. The Morgan fingerprint density at radius 3 is 2.86 bits per heavy atom. The molecule has 1 N–H and O–H groups in total. The van der Waals surface area contributed by atoms with Crippen LogP contribution < -0.4 is 10.1 Å². The minimum atomic E-state index is 0.0318. The first-order valence-electron chi connectivity index (χ1n) is 7.87. The van der Waals surface area contributed by atoms with Gasteiger partial charge in [0.25, 0.3) is 0 Å². The van der Waals surface area contributed by atoms with Crippen molar-refractivity contribution in [2.24, 2.45) is 0 Å². The smallest absolute Gasteiger partial charge is 0.224 e. The summed E-state index contributed by atoms with van der Waals surface area (Å²) < 4.78 is 16.1. The van der Waals surface area contributed by atoms with Crippen molar-refractivity contribution in [1.82, 2.24) is 5.32 Å². The van der Waals surface area contributed by atoms with Gasteiger partial charge in [-0.25, -0.2) is 0 Å². The first-order valence-corrected chi connectivity index (χ1v) is 7.87. The zero-order valence-corrected chi connectivity index (χ0v) is 13.2. The molecule has 1 aliphatic heterocycles. The second-order valence-corrected chi connectivity index (χ2v) is 5.44. The number of hydrogen-bond acceptors (Lipinski definition) is 4. The number of hydrogen-bond donors (Lipinski definition) is 1. The van der Waals surface area contributed by atoms with Gasteiger partial charge in [0, 0.05) is 19.8 Å². The maximum Gasteiger partial charge on any atom is 0.224 e. The summed E-state index contributed by atoms with van der Waals surface area (Å²) in [4.78, 5) is 11.8. The molecule has 0 aliphatic carbocycles. The fraction of sp³-hybridized carbons (Fsp3) is 0.588. The molecule has 1 amide bonds. The first-order chi connectivity index (χ1) is 10.8. The van der Waals surface area contributed by atoms with Crippen LogP contribution in [-0.2, 0) is 20.7 Å². The molecule has 22 heavy (non-hydrogen) atoms. The van der Waals surface area contributed by atoms with Crippen molar-refractivity contribution in [3.05, 3.63) is 29.8 Å². The lowest BCUT2D eigenvalue weighted by Crippen LogP contribution is -2.27.